The Morgan fingerprint density at radius 2 is 1.04 bits per heavy atom. The van der Waals surface area contributed by atoms with E-state index in [1.807, 2.05) is 52.6 Å². The molecular formula is C70H96FN11O7. The number of aryl methyl sites for hydroxylation is 1. The summed E-state index contributed by atoms with van der Waals surface area (Å²) in [6.45, 7) is 25.4. The minimum Gasteiger partial charge on any atom is -0.450 e. The number of piperidine rings is 6. The van der Waals surface area contributed by atoms with Gasteiger partial charge in [0.05, 0.1) is 25.1 Å². The molecule has 0 atom stereocenters. The Kier molecular flexibility index (Phi) is 19.8. The molecule has 5 amide bonds. The molecule has 6 saturated heterocycles. The molecule has 18 nitrogen and oxygen atoms in total. The lowest BCUT2D eigenvalue weighted by atomic mass is 9.73. The Morgan fingerprint density at radius 1 is 0.573 bits per heavy atom. The molecule has 9 aliphatic heterocycles. The van der Waals surface area contributed by atoms with Gasteiger partial charge >= 0.3 is 12.2 Å². The first kappa shape index (κ1) is 63.6. The molecule has 0 radical (unpaired) electrons. The molecule has 0 unspecified atom stereocenters. The summed E-state index contributed by atoms with van der Waals surface area (Å²) in [6.07, 6.45) is 20.9. The highest BCUT2D eigenvalue weighted by Crippen LogP contribution is 2.51. The molecule has 3 aromatic carbocycles. The van der Waals surface area contributed by atoms with Crippen LogP contribution in [0.2, 0.25) is 0 Å². The zero-order valence-electron chi connectivity index (χ0n) is 53.6. The largest absolute Gasteiger partial charge is 0.450 e. The number of para-hydroxylation sites is 2. The fourth-order valence-corrected chi connectivity index (χ4v) is 16.6. The molecule has 0 aliphatic carbocycles. The van der Waals surface area contributed by atoms with E-state index in [4.69, 9.17) is 9.47 Å². The van der Waals surface area contributed by atoms with Gasteiger partial charge in [-0.2, -0.15) is 0 Å². The van der Waals surface area contributed by atoms with Crippen LogP contribution in [0.25, 0.3) is 0 Å². The lowest BCUT2D eigenvalue weighted by molar-refractivity contribution is -0.117. The first-order chi connectivity index (χ1) is 43.1. The number of rotatable bonds is 7. The minimum atomic E-state index is -0.243. The molecule has 3 spiro atoms. The number of carbonyl (C=O) groups excluding carboxylic acids is 5. The van der Waals surface area contributed by atoms with E-state index in [2.05, 4.69) is 72.9 Å². The van der Waals surface area contributed by atoms with Gasteiger partial charge < -0.3 is 53.6 Å². The van der Waals surface area contributed by atoms with E-state index < -0.39 is 0 Å². The minimum absolute atomic E-state index is 0. The number of likely N-dealkylation sites (tertiary alicyclic amines) is 5. The summed E-state index contributed by atoms with van der Waals surface area (Å²) in [7, 11) is 0. The highest BCUT2D eigenvalue weighted by molar-refractivity contribution is 6.03. The first-order valence-electron chi connectivity index (χ1n) is 33.2. The number of allylic oxidation sites excluding steroid dienone is 1. The topological polar surface area (TPSA) is 159 Å². The number of fused-ring (bicyclic) bond motifs is 6. The van der Waals surface area contributed by atoms with Crippen molar-refractivity contribution in [3.05, 3.63) is 119 Å². The highest BCUT2D eigenvalue weighted by Gasteiger charge is 2.50. The summed E-state index contributed by atoms with van der Waals surface area (Å²) < 4.78 is 24.4. The van der Waals surface area contributed by atoms with Crippen molar-refractivity contribution in [3.8, 4) is 0 Å². The van der Waals surface area contributed by atoms with Gasteiger partial charge in [0.1, 0.15) is 11.6 Å². The quantitative estimate of drug-likeness (QED) is 0.161. The van der Waals surface area contributed by atoms with Gasteiger partial charge in [0.15, 0.2) is 0 Å². The van der Waals surface area contributed by atoms with Crippen LogP contribution in [0.4, 0.5) is 36.9 Å². The average Bonchev–Trinajstić information content (AvgIpc) is 1.61. The molecule has 0 N–H and O–H groups in total. The molecule has 480 valence electrons. The first-order valence-corrected chi connectivity index (χ1v) is 33.2. The van der Waals surface area contributed by atoms with Gasteiger partial charge in [0.2, 0.25) is 11.8 Å². The molecule has 19 heteroatoms. The summed E-state index contributed by atoms with van der Waals surface area (Å²) in [5, 5.41) is 0. The van der Waals surface area contributed by atoms with Gasteiger partial charge in [0.25, 0.3) is 5.91 Å². The average molecular weight is 1220 g/mol. The molecule has 6 fully saturated rings. The predicted molar refractivity (Wildman–Crippen MR) is 347 cm³/mol. The van der Waals surface area contributed by atoms with E-state index in [1.165, 1.54) is 35.6 Å². The number of halogens is 1. The molecule has 89 heavy (non-hydrogen) atoms. The van der Waals surface area contributed by atoms with Crippen LogP contribution >= 0.6 is 0 Å². The van der Waals surface area contributed by atoms with Crippen molar-refractivity contribution in [1.29, 1.82) is 0 Å². The van der Waals surface area contributed by atoms with E-state index in [9.17, 15) is 28.4 Å². The summed E-state index contributed by atoms with van der Waals surface area (Å²) in [6, 6.07) is 21.5. The Hall–Kier alpha value is -6.96. The second-order valence-corrected chi connectivity index (χ2v) is 26.3. The molecule has 13 rings (SSSR count). The van der Waals surface area contributed by atoms with Gasteiger partial charge in [-0.1, -0.05) is 42.5 Å². The van der Waals surface area contributed by atoms with Crippen LogP contribution in [0.15, 0.2) is 91.4 Å². The normalized spacial score (nSPS) is 21.9. The third-order valence-corrected chi connectivity index (χ3v) is 21.5. The van der Waals surface area contributed by atoms with E-state index in [-0.39, 0.29) is 53.4 Å². The second-order valence-electron chi connectivity index (χ2n) is 26.3. The summed E-state index contributed by atoms with van der Waals surface area (Å²) >= 11 is 0. The third-order valence-electron chi connectivity index (χ3n) is 21.5. The Labute approximate surface area is 527 Å². The number of hydrogen-bond donors (Lipinski definition) is 0. The number of anilines is 4. The number of ether oxygens (including phenoxy) is 2. The molecule has 10 heterocycles. The molecular weight excluding hydrogens is 1130 g/mol. The Morgan fingerprint density at radius 3 is 1.55 bits per heavy atom. The van der Waals surface area contributed by atoms with Crippen molar-refractivity contribution in [3.63, 3.8) is 0 Å². The Balaban J connectivity index is 0.000000148. The van der Waals surface area contributed by atoms with Crippen LogP contribution in [0.1, 0.15) is 135 Å². The van der Waals surface area contributed by atoms with Gasteiger partial charge in [-0.25, -0.2) is 19.0 Å². The van der Waals surface area contributed by atoms with Crippen molar-refractivity contribution in [1.82, 2.24) is 34.5 Å². The maximum absolute atomic E-state index is 14.1. The number of benzene rings is 3. The maximum atomic E-state index is 14.1. The predicted octanol–water partition coefficient (Wildman–Crippen LogP) is 10.1. The monoisotopic (exact) mass is 1220 g/mol. The molecule has 4 aromatic rings. The van der Waals surface area contributed by atoms with Crippen molar-refractivity contribution >= 4 is 52.8 Å². The number of amides is 5. The fraction of sp³-hybridized carbons (Fsp3) is 0.586. The van der Waals surface area contributed by atoms with E-state index >= 15 is 0 Å². The highest BCUT2D eigenvalue weighted by atomic mass is 19.1. The van der Waals surface area contributed by atoms with E-state index in [0.29, 0.717) is 37.9 Å². The molecule has 1 aromatic heterocycles. The zero-order valence-corrected chi connectivity index (χ0v) is 53.6. The van der Waals surface area contributed by atoms with Crippen LogP contribution in [-0.4, -0.2) is 194 Å². The van der Waals surface area contributed by atoms with Crippen LogP contribution in [0.3, 0.4) is 0 Å². The summed E-state index contributed by atoms with van der Waals surface area (Å²) in [5.41, 5.74) is 8.09. The summed E-state index contributed by atoms with van der Waals surface area (Å²) in [5.74, 6) is 1.02. The molecule has 9 aliphatic rings. The molecule has 0 saturated carbocycles. The van der Waals surface area contributed by atoms with E-state index in [1.54, 1.807) is 55.4 Å². The lowest BCUT2D eigenvalue weighted by Crippen LogP contribution is -2.52. The smallest absolute Gasteiger partial charge is 0.409 e. The number of nitrogens with zero attached hydrogens (tertiary/aromatic N) is 11. The second kappa shape index (κ2) is 27.6. The van der Waals surface area contributed by atoms with Gasteiger partial charge in [-0.15, -0.1) is 0 Å². The Bertz CT molecular complexity index is 3180. The van der Waals surface area contributed by atoms with E-state index in [0.717, 1.165) is 184 Å². The van der Waals surface area contributed by atoms with Gasteiger partial charge in [-0.3, -0.25) is 19.4 Å². The number of hydrogen-bond acceptors (Lipinski definition) is 13. The fourth-order valence-electron chi connectivity index (χ4n) is 16.6. The summed E-state index contributed by atoms with van der Waals surface area (Å²) in [4.78, 5) is 89.3. The van der Waals surface area contributed by atoms with Gasteiger partial charge in [0, 0.05) is 132 Å². The van der Waals surface area contributed by atoms with Crippen molar-refractivity contribution < 1.29 is 39.3 Å². The van der Waals surface area contributed by atoms with Crippen molar-refractivity contribution in [2.75, 3.05) is 131 Å². The van der Waals surface area contributed by atoms with Crippen molar-refractivity contribution in [2.24, 2.45) is 0 Å². The third kappa shape index (κ3) is 13.3. The zero-order chi connectivity index (χ0) is 62.5. The molecule has 0 bridgehead atoms. The SMILES string of the molecule is C/C=C/C(=O)N1CC2(CCN(C3CCN(C(=O)OCC)CC3)CC2)c2cc(F)ccc21.CC(=O)N1CC2(CCN(C3CCN(c4cnccn4)CC3)CC2)c2ccccc21.CCOC(=O)N1CCC(N2CCC3(CC2)CN(C(C)=O)c2c(C)cccc23)CC1.[HH]. The lowest BCUT2D eigenvalue weighted by Gasteiger charge is -2.45. The number of carbonyl (C=O) groups is 5. The number of aromatic nitrogens is 2. The van der Waals surface area contributed by atoms with Gasteiger partial charge in [-0.05, 0) is 197 Å². The standard InChI is InChI=1S/C24H32FN3O3.C23H29N5O.C23H33N3O3.H2/c1-3-5-22(29)28-17-24(20-16-18(25)6-7-21(20)28)10-14-26(15-11-24)19-8-12-27(13-9-19)23(30)31-4-2;1-18(29)28-17-23(20-4-2-3-5-21(20)28)8-14-26(15-9-23)19-6-12-27(13-7-19)22-16-24-10-11-25-22;1-4-29-22(28)25-12-8-19(9-13-25)24-14-10-23(11-15-24)16-26(18(3)27)21-17(2)6-5-7-20(21)23;/h3,5-7,16,19H,4,8-15,17H2,1-2H3;2-5,10-11,16,19H,6-9,12-15,17H2,1H3;5-7,19H,4,8-16H2,1-3H3;1H/b5-3+;;;. The maximum Gasteiger partial charge on any atom is 0.409 e. The van der Waals surface area contributed by atoms with Crippen LogP contribution in [0.5, 0.6) is 0 Å². The van der Waals surface area contributed by atoms with Crippen LogP contribution in [-0.2, 0) is 40.1 Å². The van der Waals surface area contributed by atoms with Crippen molar-refractivity contribution in [2.45, 2.75) is 153 Å². The van der Waals surface area contributed by atoms with Crippen LogP contribution in [0, 0.1) is 12.7 Å². The van der Waals surface area contributed by atoms with Crippen LogP contribution < -0.4 is 19.6 Å².